The number of hydrogen-bond donors (Lipinski definition) is 8. The smallest absolute Gasteiger partial charge is 0.373 e. The number of likely N-dealkylation sites (N-methyl/N-ethyl adjacent to an activating group) is 3. The van der Waals surface area contributed by atoms with E-state index in [2.05, 4.69) is 177 Å². The van der Waals surface area contributed by atoms with Gasteiger partial charge in [0.2, 0.25) is 11.8 Å². The molecule has 144 heavy (non-hydrogen) atoms. The molecule has 19 rings (SSSR count). The average molecular weight is 2030 g/mol. The van der Waals surface area contributed by atoms with Gasteiger partial charge in [-0.25, -0.2) is 4.79 Å². The van der Waals surface area contributed by atoms with Crippen molar-refractivity contribution in [3.63, 3.8) is 0 Å². The van der Waals surface area contributed by atoms with Crippen LogP contribution < -0.4 is 20.4 Å². The minimum Gasteiger partial charge on any atom is -0.462 e. The molecule has 778 valence electrons. The van der Waals surface area contributed by atoms with Crippen LogP contribution in [-0.4, -0.2) is 311 Å². The lowest BCUT2D eigenvalue weighted by atomic mass is 9.47. The number of allylic oxidation sites excluding steroid dienone is 2. The van der Waals surface area contributed by atoms with Crippen molar-refractivity contribution in [3.05, 3.63) is 164 Å². The Morgan fingerprint density at radius 1 is 0.542 bits per heavy atom. The molecule has 2 spiro atoms. The number of fused-ring (bicyclic) bond motifs is 10. The summed E-state index contributed by atoms with van der Waals surface area (Å²) in [5.74, 6) is -5.04. The first-order valence-corrected chi connectivity index (χ1v) is 52.7. The summed E-state index contributed by atoms with van der Waals surface area (Å²) in [6.45, 7) is 24.4. The Labute approximate surface area is 843 Å². The molecular formula is C108H140F2N10O22P2. The number of nitrogens with zero attached hydrogens (tertiary/aromatic N) is 8. The Morgan fingerprint density at radius 2 is 0.972 bits per heavy atom. The summed E-state index contributed by atoms with van der Waals surface area (Å²) >= 11 is 0. The zero-order chi connectivity index (χ0) is 104. The highest BCUT2D eigenvalue weighted by Gasteiger charge is 2.81. The first-order chi connectivity index (χ1) is 68.7. The van der Waals surface area contributed by atoms with Gasteiger partial charge in [0.25, 0.3) is 30.1 Å². The van der Waals surface area contributed by atoms with Crippen molar-refractivity contribution >= 4 is 101 Å². The minimum absolute atomic E-state index is 0.149. The fourth-order valence-corrected chi connectivity index (χ4v) is 30.8. The monoisotopic (exact) mass is 2030 g/mol. The third-order valence-electron chi connectivity index (χ3n) is 36.2. The van der Waals surface area contributed by atoms with Gasteiger partial charge < -0.3 is 79.4 Å². The van der Waals surface area contributed by atoms with Crippen LogP contribution >= 0.6 is 18.2 Å². The number of ether oxygens (including phenoxy) is 2. The number of benzene rings is 4. The second-order valence-corrected chi connectivity index (χ2v) is 44.3. The third kappa shape index (κ3) is 18.2. The summed E-state index contributed by atoms with van der Waals surface area (Å²) in [4.78, 5) is 154. The van der Waals surface area contributed by atoms with Gasteiger partial charge in [0, 0.05) is 149 Å². The van der Waals surface area contributed by atoms with Crippen molar-refractivity contribution in [3.8, 4) is 0 Å². The maximum absolute atomic E-state index is 15.1. The SMILES string of the molecule is CCC1(O)CC2CN(CCC3=C(Cc4ccccc43)[C@](C)(c3cc4c(cc3C)N(C)C3C45CCN4CC=C[C@@](CC)(C45)[C@H](O)[C@@]3(O)C(=O)NCCOC(=O)C3CCCN3C(=O)CCC(=O)OPF)C2)C1.CCC1(O)C[C@@H]2CN(CCC3=C(Cc4ccccc43)[C@](C)(c3cc4c(cc3C)N(C)C3C45CCN4CC=C[C@@](CC)(C45)[C@H](O)[C@@]3(O)C(=O)NCCOC(=O)CN(C)C(=O)CCC(=O)OPF)C2)C1.O=C=O.O=C=O. The van der Waals surface area contributed by atoms with Crippen LogP contribution in [0.4, 0.5) is 19.8 Å². The Kier molecular flexibility index (Phi) is 31.3. The lowest BCUT2D eigenvalue weighted by Crippen LogP contribution is -2.81. The molecule has 4 bridgehead atoms. The maximum atomic E-state index is 15.1. The van der Waals surface area contributed by atoms with E-state index in [-0.39, 0.29) is 88.2 Å². The van der Waals surface area contributed by atoms with E-state index < -0.39 is 158 Å². The fraction of sp³-hybridized carbons (Fsp3) is 0.611. The van der Waals surface area contributed by atoms with Crippen molar-refractivity contribution in [2.24, 2.45) is 22.7 Å². The number of amides is 4. The predicted octanol–water partition coefficient (Wildman–Crippen LogP) is 8.65. The zero-order valence-electron chi connectivity index (χ0n) is 84.4. The van der Waals surface area contributed by atoms with Gasteiger partial charge in [0.15, 0.2) is 11.2 Å². The lowest BCUT2D eigenvalue weighted by molar-refractivity contribution is -0.203. The summed E-state index contributed by atoms with van der Waals surface area (Å²) < 4.78 is 44.4. The van der Waals surface area contributed by atoms with Gasteiger partial charge in [-0.15, -0.1) is 0 Å². The molecule has 32 nitrogen and oxygen atoms in total. The number of nitrogens with one attached hydrogen (secondary N) is 2. The van der Waals surface area contributed by atoms with E-state index in [1.807, 2.05) is 38.9 Å². The molecule has 8 N–H and O–H groups in total. The van der Waals surface area contributed by atoms with Crippen molar-refractivity contribution < 1.29 is 115 Å². The Bertz CT molecular complexity index is 5840. The molecule has 5 saturated heterocycles. The summed E-state index contributed by atoms with van der Waals surface area (Å²) in [5.41, 5.74) is 9.36. The van der Waals surface area contributed by atoms with E-state index >= 15 is 4.79 Å². The summed E-state index contributed by atoms with van der Waals surface area (Å²) in [7, 11) is 2.24. The molecule has 2 saturated carbocycles. The summed E-state index contributed by atoms with van der Waals surface area (Å²) in [5, 5.41) is 82.3. The summed E-state index contributed by atoms with van der Waals surface area (Å²) in [6.07, 6.45) is 16.0. The van der Waals surface area contributed by atoms with E-state index in [0.29, 0.717) is 84.1 Å². The molecule has 4 aromatic rings. The predicted molar refractivity (Wildman–Crippen MR) is 532 cm³/mol. The number of hydrogen-bond acceptors (Lipinski definition) is 28. The van der Waals surface area contributed by atoms with Crippen molar-refractivity contribution in [2.75, 3.05) is 136 Å². The van der Waals surface area contributed by atoms with Gasteiger partial charge in [-0.05, 0) is 220 Å². The third-order valence-corrected chi connectivity index (χ3v) is 36.8. The number of aliphatic hydroxyl groups is 6. The van der Waals surface area contributed by atoms with Crippen LogP contribution in [-0.2, 0) is 111 Å². The molecule has 14 unspecified atom stereocenters. The molecule has 4 amide bonds. The van der Waals surface area contributed by atoms with Gasteiger partial charge in [-0.3, -0.25) is 53.2 Å². The van der Waals surface area contributed by atoms with Crippen LogP contribution in [0.1, 0.15) is 213 Å². The Morgan fingerprint density at radius 3 is 1.40 bits per heavy atom. The molecule has 4 aliphatic carbocycles. The minimum atomic E-state index is -2.31. The topological polar surface area (TPSA) is 413 Å². The zero-order valence-corrected chi connectivity index (χ0v) is 86.4. The molecule has 15 aliphatic rings. The highest BCUT2D eigenvalue weighted by molar-refractivity contribution is 7.26. The molecule has 11 aliphatic heterocycles. The van der Waals surface area contributed by atoms with Crippen LogP contribution in [0.15, 0.2) is 108 Å². The maximum Gasteiger partial charge on any atom is 0.373 e. The van der Waals surface area contributed by atoms with Gasteiger partial charge in [0.05, 0.1) is 49.2 Å². The van der Waals surface area contributed by atoms with Crippen LogP contribution in [0.25, 0.3) is 11.1 Å². The van der Waals surface area contributed by atoms with E-state index in [1.165, 1.54) is 67.6 Å². The van der Waals surface area contributed by atoms with E-state index in [0.717, 1.165) is 129 Å². The number of aliphatic hydroxyl groups excluding tert-OH is 2. The molecule has 23 atom stereocenters. The molecular weight excluding hydrogens is 1890 g/mol. The van der Waals surface area contributed by atoms with Crippen LogP contribution in [0.5, 0.6) is 0 Å². The Hall–Kier alpha value is -9.72. The number of piperidine rings is 2. The number of anilines is 2. The summed E-state index contributed by atoms with van der Waals surface area (Å²) in [6, 6.07) is 24.0. The number of rotatable bonds is 25. The normalized spacial score (nSPS) is 34.0. The van der Waals surface area contributed by atoms with Crippen LogP contribution in [0.3, 0.4) is 0 Å². The number of carbonyl (C=O) groups excluding carboxylic acids is 12. The second kappa shape index (κ2) is 42.1. The molecule has 11 heterocycles. The number of aryl methyl sites for hydroxylation is 2. The van der Waals surface area contributed by atoms with Gasteiger partial charge in [-0.2, -0.15) is 27.6 Å². The standard InChI is InChI=1S/C54H71FN5O9P.C52H69FN5O9P.2CO2/c1-6-51(66)30-34-29-50(4,39-27-35-12-8-9-13-36(35)37(39)17-23-58(31-34)32-51)38-28-40-42(26-33(38)3)57(5)47-53(40)19-24-59-21-11-18-52(7-2,46(53)59)48(64)54(47,67)49(65)56-20-25-68-45(63)41-14-10-22-60(41)43(61)15-16-44(62)69-70-55;1-7-49(64)28-33-27-48(4,38-25-34-12-9-10-13-35(34)36(38)16-21-57(29-33)31-49)37-26-39-40(24-32(37)3)56(6)45-51(39)18-22-58-20-11-17-50(8-2,44(51)58)46(62)52(45,65)47(63)54-19-23-66-43(61)30-55(5)41(59)14-15-42(60)67-68-53;2*2-1-3/h8-9,11-13,18,26,28,34,41,46-48,64,66-67,70H,6-7,10,14-17,19-25,27,29-32H2,1-5H3,(H,56,65);9-13,17,24,26,33,44-46,62,64-65,68H,7-8,14-16,18-23,25,27-31H2,1-6H3,(H,54,63);;/t34?,41?,46?,47?,48-,50-,51?,52-,53?,54+;33-,44?,45?,46+,48+,49?,50+,51?,52-;;/m01../s1. The van der Waals surface area contributed by atoms with Crippen LogP contribution in [0, 0.1) is 36.5 Å². The molecule has 36 heteroatoms. The number of halogens is 2. The first kappa shape index (κ1) is 107. The molecule has 4 aromatic carbocycles. The largest absolute Gasteiger partial charge is 0.462 e. The Balaban J connectivity index is 0.000000196. The lowest BCUT2D eigenvalue weighted by Gasteiger charge is -2.63. The highest BCUT2D eigenvalue weighted by atomic mass is 31.1. The fourth-order valence-electron chi connectivity index (χ4n) is 30.4. The molecule has 0 radical (unpaired) electrons. The number of carbonyl (C=O) groups is 8. The second-order valence-electron chi connectivity index (χ2n) is 43.5. The van der Waals surface area contributed by atoms with Crippen molar-refractivity contribution in [1.82, 2.24) is 40.0 Å². The van der Waals surface area contributed by atoms with Gasteiger partial charge in [0.1, 0.15) is 38.0 Å². The van der Waals surface area contributed by atoms with E-state index in [9.17, 15) is 72.6 Å². The van der Waals surface area contributed by atoms with Crippen molar-refractivity contribution in [1.29, 1.82) is 0 Å². The molecule has 7 fully saturated rings. The number of likely N-dealkylation sites (tertiary alicyclic amines) is 1. The average Bonchev–Trinajstić information content (AvgIpc) is 1.48. The van der Waals surface area contributed by atoms with Gasteiger partial charge >= 0.3 is 36.2 Å². The van der Waals surface area contributed by atoms with Crippen molar-refractivity contribution in [2.45, 2.75) is 270 Å². The van der Waals surface area contributed by atoms with Crippen LogP contribution in [0.2, 0.25) is 0 Å². The first-order valence-electron chi connectivity index (χ1n) is 51.2. The highest BCUT2D eigenvalue weighted by Crippen LogP contribution is 2.70. The molecule has 0 aromatic heterocycles. The quantitative estimate of drug-likeness (QED) is 0.0101. The van der Waals surface area contributed by atoms with E-state index in [1.54, 1.807) is 0 Å². The van der Waals surface area contributed by atoms with Gasteiger partial charge in [-0.1, -0.05) is 138 Å². The van der Waals surface area contributed by atoms with E-state index in [4.69, 9.17) is 28.7 Å². The number of esters is 2.